The summed E-state index contributed by atoms with van der Waals surface area (Å²) in [5, 5.41) is 7.64. The fourth-order valence-electron chi connectivity index (χ4n) is 4.10. The predicted octanol–water partition coefficient (Wildman–Crippen LogP) is 2.23. The standard InChI is InChI=1S/C21H26N4O2/c1-14(2)21(27)24-9-10-25-17(13-24)11-16(23-25)12-22-20(26)19-8-7-15-5-3-4-6-18(15)19/h3-6,11,14,19H,7-10,12-13H2,1-2H3,(H,22,26)/t19-/m1/s1. The molecule has 0 fully saturated rings. The maximum absolute atomic E-state index is 12.6. The minimum absolute atomic E-state index is 0.00696. The Hall–Kier alpha value is -2.63. The number of hydrogen-bond acceptors (Lipinski definition) is 3. The van der Waals surface area contributed by atoms with Crippen LogP contribution in [0.5, 0.6) is 0 Å². The van der Waals surface area contributed by atoms with Crippen molar-refractivity contribution >= 4 is 11.8 Å². The maximum atomic E-state index is 12.6. The Kier molecular flexibility index (Phi) is 4.72. The molecule has 0 radical (unpaired) electrons. The number of nitrogens with zero attached hydrogens (tertiary/aromatic N) is 3. The quantitative estimate of drug-likeness (QED) is 0.902. The first-order valence-electron chi connectivity index (χ1n) is 9.73. The first kappa shape index (κ1) is 17.8. The van der Waals surface area contributed by atoms with Gasteiger partial charge in [0, 0.05) is 12.5 Å². The third kappa shape index (κ3) is 3.48. The number of benzene rings is 1. The lowest BCUT2D eigenvalue weighted by Crippen LogP contribution is -2.40. The lowest BCUT2D eigenvalue weighted by Gasteiger charge is -2.29. The molecule has 2 amide bonds. The highest BCUT2D eigenvalue weighted by Gasteiger charge is 2.28. The molecule has 1 atom stereocenters. The fraction of sp³-hybridized carbons (Fsp3) is 0.476. The summed E-state index contributed by atoms with van der Waals surface area (Å²) in [6, 6.07) is 10.2. The number of nitrogens with one attached hydrogen (secondary N) is 1. The highest BCUT2D eigenvalue weighted by Crippen LogP contribution is 2.32. The molecule has 0 saturated heterocycles. The van der Waals surface area contributed by atoms with Gasteiger partial charge in [-0.25, -0.2) is 0 Å². The van der Waals surface area contributed by atoms with Crippen molar-refractivity contribution in [3.05, 3.63) is 52.8 Å². The van der Waals surface area contributed by atoms with Gasteiger partial charge in [0.1, 0.15) is 0 Å². The van der Waals surface area contributed by atoms with E-state index in [-0.39, 0.29) is 23.7 Å². The third-order valence-electron chi connectivity index (χ3n) is 5.55. The molecule has 2 aromatic rings. The number of carbonyl (C=O) groups is 2. The monoisotopic (exact) mass is 366 g/mol. The van der Waals surface area contributed by atoms with Crippen molar-refractivity contribution in [3.63, 3.8) is 0 Å². The predicted molar refractivity (Wildman–Crippen MR) is 102 cm³/mol. The molecule has 0 saturated carbocycles. The van der Waals surface area contributed by atoms with E-state index in [0.29, 0.717) is 26.2 Å². The van der Waals surface area contributed by atoms with Crippen LogP contribution in [0.25, 0.3) is 0 Å². The van der Waals surface area contributed by atoms with Crippen LogP contribution in [0, 0.1) is 5.92 Å². The van der Waals surface area contributed by atoms with Crippen LogP contribution >= 0.6 is 0 Å². The minimum Gasteiger partial charge on any atom is -0.350 e. The van der Waals surface area contributed by atoms with Gasteiger partial charge in [0.15, 0.2) is 0 Å². The van der Waals surface area contributed by atoms with Crippen LogP contribution < -0.4 is 5.32 Å². The van der Waals surface area contributed by atoms with E-state index in [1.54, 1.807) is 0 Å². The molecule has 27 heavy (non-hydrogen) atoms. The SMILES string of the molecule is CC(C)C(=O)N1CCn2nc(CNC(=O)[C@@H]3CCc4ccccc43)cc2C1. The molecule has 6 heteroatoms. The first-order valence-corrected chi connectivity index (χ1v) is 9.73. The molecule has 0 bridgehead atoms. The summed E-state index contributed by atoms with van der Waals surface area (Å²) in [7, 11) is 0. The van der Waals surface area contributed by atoms with Gasteiger partial charge in [-0.1, -0.05) is 38.1 Å². The van der Waals surface area contributed by atoms with Crippen LogP contribution in [0.1, 0.15) is 48.7 Å². The second-order valence-corrected chi connectivity index (χ2v) is 7.77. The molecule has 6 nitrogen and oxygen atoms in total. The van der Waals surface area contributed by atoms with Crippen LogP contribution in [0.15, 0.2) is 30.3 Å². The van der Waals surface area contributed by atoms with Crippen molar-refractivity contribution in [2.45, 2.75) is 52.2 Å². The molecular formula is C21H26N4O2. The fourth-order valence-corrected chi connectivity index (χ4v) is 4.10. The van der Waals surface area contributed by atoms with E-state index in [1.807, 2.05) is 41.6 Å². The van der Waals surface area contributed by atoms with Gasteiger partial charge in [0.05, 0.1) is 36.9 Å². The van der Waals surface area contributed by atoms with E-state index in [0.717, 1.165) is 29.8 Å². The zero-order valence-electron chi connectivity index (χ0n) is 15.9. The number of aryl methyl sites for hydroxylation is 1. The molecule has 2 aliphatic rings. The van der Waals surface area contributed by atoms with E-state index in [9.17, 15) is 9.59 Å². The third-order valence-corrected chi connectivity index (χ3v) is 5.55. The van der Waals surface area contributed by atoms with E-state index in [1.165, 1.54) is 5.56 Å². The van der Waals surface area contributed by atoms with Gasteiger partial charge < -0.3 is 10.2 Å². The Balaban J connectivity index is 1.38. The van der Waals surface area contributed by atoms with Crippen LogP contribution in [0.3, 0.4) is 0 Å². The number of amides is 2. The Morgan fingerprint density at radius 3 is 2.89 bits per heavy atom. The summed E-state index contributed by atoms with van der Waals surface area (Å²) in [5.74, 6) is 0.199. The normalized spacial score (nSPS) is 18.3. The van der Waals surface area contributed by atoms with Gasteiger partial charge in [-0.05, 0) is 30.0 Å². The maximum Gasteiger partial charge on any atom is 0.227 e. The Morgan fingerprint density at radius 1 is 1.26 bits per heavy atom. The zero-order valence-corrected chi connectivity index (χ0v) is 15.9. The van der Waals surface area contributed by atoms with Crippen molar-refractivity contribution in [1.29, 1.82) is 0 Å². The molecule has 2 heterocycles. The average molecular weight is 366 g/mol. The average Bonchev–Trinajstić information content (AvgIpc) is 3.28. The van der Waals surface area contributed by atoms with Crippen molar-refractivity contribution in [2.24, 2.45) is 5.92 Å². The molecular weight excluding hydrogens is 340 g/mol. The minimum atomic E-state index is -0.0578. The van der Waals surface area contributed by atoms with E-state index >= 15 is 0 Å². The summed E-state index contributed by atoms with van der Waals surface area (Å²) < 4.78 is 1.95. The highest BCUT2D eigenvalue weighted by molar-refractivity contribution is 5.84. The molecule has 4 rings (SSSR count). The number of hydrogen-bond donors (Lipinski definition) is 1. The summed E-state index contributed by atoms with van der Waals surface area (Å²) >= 11 is 0. The van der Waals surface area contributed by atoms with E-state index < -0.39 is 0 Å². The van der Waals surface area contributed by atoms with Crippen molar-refractivity contribution < 1.29 is 9.59 Å². The molecule has 1 aromatic carbocycles. The van der Waals surface area contributed by atoms with Gasteiger partial charge in [-0.2, -0.15) is 5.10 Å². The summed E-state index contributed by atoms with van der Waals surface area (Å²) in [6.07, 6.45) is 1.84. The molecule has 1 aliphatic heterocycles. The molecule has 1 aromatic heterocycles. The van der Waals surface area contributed by atoms with E-state index in [2.05, 4.69) is 22.5 Å². The van der Waals surface area contributed by atoms with Crippen LogP contribution in [0.4, 0.5) is 0 Å². The Labute approximate surface area is 159 Å². The second-order valence-electron chi connectivity index (χ2n) is 7.77. The molecule has 1 N–H and O–H groups in total. The second kappa shape index (κ2) is 7.18. The number of aromatic nitrogens is 2. The van der Waals surface area contributed by atoms with Gasteiger partial charge in [0.2, 0.25) is 11.8 Å². The lowest BCUT2D eigenvalue weighted by atomic mass is 10.0. The van der Waals surface area contributed by atoms with Crippen LogP contribution in [-0.2, 0) is 35.6 Å². The number of fused-ring (bicyclic) bond motifs is 2. The summed E-state index contributed by atoms with van der Waals surface area (Å²) in [6.45, 7) is 6.27. The number of carbonyl (C=O) groups excluding carboxylic acids is 2. The Morgan fingerprint density at radius 2 is 2.07 bits per heavy atom. The van der Waals surface area contributed by atoms with Crippen LogP contribution in [0.2, 0.25) is 0 Å². The molecule has 0 unspecified atom stereocenters. The smallest absolute Gasteiger partial charge is 0.227 e. The first-order chi connectivity index (χ1) is 13.0. The van der Waals surface area contributed by atoms with Gasteiger partial charge in [-0.15, -0.1) is 0 Å². The van der Waals surface area contributed by atoms with Crippen molar-refractivity contribution in [3.8, 4) is 0 Å². The molecule has 0 spiro atoms. The summed E-state index contributed by atoms with van der Waals surface area (Å²) in [4.78, 5) is 26.7. The lowest BCUT2D eigenvalue weighted by molar-refractivity contribution is -0.136. The van der Waals surface area contributed by atoms with Gasteiger partial charge in [-0.3, -0.25) is 14.3 Å². The zero-order chi connectivity index (χ0) is 19.0. The van der Waals surface area contributed by atoms with Gasteiger partial charge >= 0.3 is 0 Å². The van der Waals surface area contributed by atoms with Crippen molar-refractivity contribution in [1.82, 2.24) is 20.0 Å². The highest BCUT2D eigenvalue weighted by atomic mass is 16.2. The van der Waals surface area contributed by atoms with Crippen molar-refractivity contribution in [2.75, 3.05) is 6.54 Å². The van der Waals surface area contributed by atoms with Gasteiger partial charge in [0.25, 0.3) is 0 Å². The van der Waals surface area contributed by atoms with E-state index in [4.69, 9.17) is 0 Å². The topological polar surface area (TPSA) is 67.2 Å². The Bertz CT molecular complexity index is 871. The van der Waals surface area contributed by atoms with Crippen LogP contribution in [-0.4, -0.2) is 33.0 Å². The molecule has 1 aliphatic carbocycles. The molecule has 142 valence electrons. The largest absolute Gasteiger partial charge is 0.350 e. The number of rotatable bonds is 4. The summed E-state index contributed by atoms with van der Waals surface area (Å²) in [5.41, 5.74) is 4.32.